The van der Waals surface area contributed by atoms with Gasteiger partial charge in [-0.15, -0.1) is 0 Å². The van der Waals surface area contributed by atoms with Crippen LogP contribution in [0.5, 0.6) is 17.2 Å². The molecule has 1 saturated heterocycles. The molecular weight excluding hydrogens is 1210 g/mol. The van der Waals surface area contributed by atoms with E-state index < -0.39 is 31.1 Å². The monoisotopic (exact) mass is 1290 g/mol. The average Bonchev–Trinajstić information content (AvgIpc) is 2.71. The van der Waals surface area contributed by atoms with Crippen LogP contribution in [0.25, 0.3) is 0 Å². The maximum Gasteiger partial charge on any atom is 0.275 e. The highest BCUT2D eigenvalue weighted by atomic mass is 33.1. The van der Waals surface area contributed by atoms with Gasteiger partial charge in [0.25, 0.3) is 21.9 Å². The average molecular weight is 1290 g/mol. The van der Waals surface area contributed by atoms with E-state index in [0.717, 1.165) is 81.9 Å². The Morgan fingerprint density at radius 2 is 1.31 bits per heavy atom. The van der Waals surface area contributed by atoms with Crippen molar-refractivity contribution in [3.63, 3.8) is 0 Å². The van der Waals surface area contributed by atoms with Crippen LogP contribution in [0.3, 0.4) is 0 Å². The highest BCUT2D eigenvalue weighted by molar-refractivity contribution is 8.77. The van der Waals surface area contributed by atoms with Crippen molar-refractivity contribution in [3.8, 4) is 17.2 Å². The second-order valence-corrected chi connectivity index (χ2v) is 29.7. The quantitative estimate of drug-likeness (QED) is 0.0189. The van der Waals surface area contributed by atoms with Crippen LogP contribution < -0.4 is 28.9 Å². The molecule has 5 aromatic carbocycles. The third-order valence-electron chi connectivity index (χ3n) is 17.2. The number of amides is 4. The summed E-state index contributed by atoms with van der Waals surface area (Å²) in [6, 6.07) is 30.4. The van der Waals surface area contributed by atoms with E-state index >= 15 is 0 Å². The lowest BCUT2D eigenvalue weighted by molar-refractivity contribution is -0.138. The SMILES string of the molecule is COCCOCCOCCN(CC(C)(C)SSCCC(C(=O)CCCN1C(=O)CC(SC)C1=O)S(=O)(=O)O)c1cc(COc2cc3c(cc2C)C(=O)N2c4ccccc4C[C@H]2CC3)cc(COc2cc3c(cc2OC)C(=O)N2c4ccccc4C[C@H]2CC3)c1. The molecule has 4 amide bonds. The Kier molecular flexibility index (Phi) is 21.8. The number of Topliss-reactive ketones (excluding diaryl/α,β-unsaturated/α-hetero) is 1. The van der Waals surface area contributed by atoms with Gasteiger partial charge >= 0.3 is 0 Å². The number of likely N-dealkylation sites (tertiary alicyclic amines) is 1. The lowest BCUT2D eigenvalue weighted by Gasteiger charge is -2.34. The number of nitrogens with zero attached hydrogens (tertiary/aromatic N) is 4. The Balaban J connectivity index is 0.890. The van der Waals surface area contributed by atoms with Gasteiger partial charge in [0.05, 0.1) is 45.4 Å². The van der Waals surface area contributed by atoms with Crippen molar-refractivity contribution >= 4 is 89.9 Å². The molecule has 22 heteroatoms. The second-order valence-electron chi connectivity index (χ2n) is 23.9. The minimum absolute atomic E-state index is 0.00125. The fourth-order valence-electron chi connectivity index (χ4n) is 12.7. The summed E-state index contributed by atoms with van der Waals surface area (Å²) in [6.45, 7) is 9.38. The van der Waals surface area contributed by atoms with Crippen molar-refractivity contribution < 1.29 is 65.4 Å². The molecule has 476 valence electrons. The molecule has 5 aromatic rings. The topological polar surface area (TPSA) is 208 Å². The molecule has 5 aliphatic rings. The van der Waals surface area contributed by atoms with Crippen LogP contribution >= 0.6 is 33.3 Å². The number of rotatable bonds is 31. The van der Waals surface area contributed by atoms with Crippen molar-refractivity contribution in [1.29, 1.82) is 0 Å². The van der Waals surface area contributed by atoms with E-state index in [1.807, 2.05) is 71.3 Å². The first-order valence-electron chi connectivity index (χ1n) is 30.5. The van der Waals surface area contributed by atoms with Crippen LogP contribution in [0, 0.1) is 6.92 Å². The molecule has 89 heavy (non-hydrogen) atoms. The Bertz CT molecular complexity index is 3550. The van der Waals surface area contributed by atoms with Gasteiger partial charge in [0, 0.05) is 90.4 Å². The van der Waals surface area contributed by atoms with Gasteiger partial charge in [-0.05, 0) is 172 Å². The predicted octanol–water partition coefficient (Wildman–Crippen LogP) is 10.3. The summed E-state index contributed by atoms with van der Waals surface area (Å²) in [5.41, 5.74) is 10.8. The van der Waals surface area contributed by atoms with E-state index in [4.69, 9.17) is 28.4 Å². The minimum atomic E-state index is -4.76. The molecule has 5 heterocycles. The first-order valence-corrected chi connectivity index (χ1v) is 35.6. The van der Waals surface area contributed by atoms with Gasteiger partial charge < -0.3 is 43.1 Å². The van der Waals surface area contributed by atoms with Gasteiger partial charge in [-0.1, -0.05) is 58.0 Å². The van der Waals surface area contributed by atoms with Crippen LogP contribution in [-0.2, 0) is 77.6 Å². The van der Waals surface area contributed by atoms with Gasteiger partial charge in [0.1, 0.15) is 24.2 Å². The van der Waals surface area contributed by atoms with Crippen molar-refractivity contribution in [3.05, 3.63) is 141 Å². The van der Waals surface area contributed by atoms with Crippen LogP contribution in [-0.4, -0.2) is 154 Å². The number of imide groups is 1. The highest BCUT2D eigenvalue weighted by Gasteiger charge is 2.41. The van der Waals surface area contributed by atoms with Gasteiger partial charge in [-0.2, -0.15) is 20.2 Å². The highest BCUT2D eigenvalue weighted by Crippen LogP contribution is 2.43. The summed E-state index contributed by atoms with van der Waals surface area (Å²) in [5, 5.41) is -2.12. The molecule has 0 aromatic heterocycles. The Labute approximate surface area is 534 Å². The van der Waals surface area contributed by atoms with Crippen molar-refractivity contribution in [2.45, 2.75) is 126 Å². The minimum Gasteiger partial charge on any atom is -0.493 e. The Morgan fingerprint density at radius 1 is 0.730 bits per heavy atom. The molecule has 0 spiro atoms. The lowest BCUT2D eigenvalue weighted by Crippen LogP contribution is -2.38. The zero-order valence-corrected chi connectivity index (χ0v) is 54.8. The molecule has 2 unspecified atom stereocenters. The van der Waals surface area contributed by atoms with Crippen molar-refractivity contribution in [2.24, 2.45) is 0 Å². The van der Waals surface area contributed by atoms with Gasteiger partial charge in [0.2, 0.25) is 11.8 Å². The maximum atomic E-state index is 14.4. The number of benzene rings is 5. The molecule has 0 aliphatic carbocycles. The summed E-state index contributed by atoms with van der Waals surface area (Å²) in [5.74, 6) is 0.502. The molecule has 5 aliphatic heterocycles. The van der Waals surface area contributed by atoms with Gasteiger partial charge in [-0.3, -0.25) is 33.4 Å². The van der Waals surface area contributed by atoms with E-state index in [0.29, 0.717) is 80.9 Å². The zero-order valence-electron chi connectivity index (χ0n) is 51.5. The number of aryl methyl sites for hydroxylation is 3. The van der Waals surface area contributed by atoms with Gasteiger partial charge in [0.15, 0.2) is 17.3 Å². The summed E-state index contributed by atoms with van der Waals surface area (Å²) < 4.78 is 71.5. The first-order chi connectivity index (χ1) is 42.8. The molecule has 4 atom stereocenters. The summed E-state index contributed by atoms with van der Waals surface area (Å²) >= 11 is 1.29. The maximum absolute atomic E-state index is 14.4. The zero-order chi connectivity index (χ0) is 63.0. The van der Waals surface area contributed by atoms with E-state index in [2.05, 4.69) is 49.1 Å². The molecule has 18 nitrogen and oxygen atoms in total. The summed E-state index contributed by atoms with van der Waals surface area (Å²) in [7, 11) is 1.37. The van der Waals surface area contributed by atoms with E-state index in [1.54, 1.807) is 26.5 Å². The molecule has 10 rings (SSSR count). The second kappa shape index (κ2) is 29.4. The van der Waals surface area contributed by atoms with Gasteiger partial charge in [-0.25, -0.2) is 0 Å². The molecule has 1 N–H and O–H groups in total. The fourth-order valence-corrected chi connectivity index (χ4v) is 17.0. The number of carbonyl (C=O) groups excluding carboxylic acids is 5. The predicted molar refractivity (Wildman–Crippen MR) is 350 cm³/mol. The molecule has 0 saturated carbocycles. The van der Waals surface area contributed by atoms with Crippen LogP contribution in [0.2, 0.25) is 0 Å². The fraction of sp³-hybridized carbons (Fsp3) is 0.478. The third-order valence-corrected chi connectivity index (χ3v) is 22.6. The van der Waals surface area contributed by atoms with Crippen LogP contribution in [0.15, 0.2) is 91.0 Å². The number of anilines is 3. The number of methoxy groups -OCH3 is 2. The van der Waals surface area contributed by atoms with Crippen LogP contribution in [0.1, 0.15) is 112 Å². The number of fused-ring (bicyclic) bond motifs is 8. The lowest BCUT2D eigenvalue weighted by atomic mass is 9.98. The number of para-hydroxylation sites is 2. The smallest absolute Gasteiger partial charge is 0.275 e. The third kappa shape index (κ3) is 15.6. The number of hydrogen-bond donors (Lipinski definition) is 1. The summed E-state index contributed by atoms with van der Waals surface area (Å²) in [6.07, 6.45) is 6.24. The molecular formula is C67H80N4O14S4. The Morgan fingerprint density at radius 3 is 1.91 bits per heavy atom. The number of hydrogen-bond acceptors (Lipinski definition) is 17. The van der Waals surface area contributed by atoms with Crippen LogP contribution in [0.4, 0.5) is 17.1 Å². The Hall–Kier alpha value is -6.11. The number of ketones is 1. The largest absolute Gasteiger partial charge is 0.493 e. The van der Waals surface area contributed by atoms with E-state index in [9.17, 15) is 36.9 Å². The first kappa shape index (κ1) is 65.8. The van der Waals surface area contributed by atoms with E-state index in [-0.39, 0.29) is 86.9 Å². The molecule has 0 radical (unpaired) electrons. The molecule has 1 fully saturated rings. The van der Waals surface area contributed by atoms with E-state index in [1.165, 1.54) is 44.5 Å². The van der Waals surface area contributed by atoms with Crippen molar-refractivity contribution in [2.75, 3.05) is 93.6 Å². The number of thioether (sulfide) groups is 1. The molecule has 0 bridgehead atoms. The van der Waals surface area contributed by atoms with Crippen molar-refractivity contribution in [1.82, 2.24) is 4.90 Å². The standard InChI is InChI=1S/C67H80N4O14S4/c1-43-30-53-46(17-19-50-34-48-12-7-9-14-55(48)70(50)64(53)74)36-58(43)84-40-44-31-45(41-85-60-37-47-18-20-51-35-49-13-8-10-15-56(49)71(51)65(75)54(47)38-59(60)81-5)33-52(32-44)68(23-24-82-27-28-83-26-25-80-4)42-67(2,3)88-87-29-21-62(89(77,78)79)57(72)16-11-22-69-63(73)39-61(86-6)66(69)76/h7-10,12-15,30-33,36-38,50-51,61-62H,11,16-29,34-35,39-42H2,1-6H3,(H,77,78,79)/t50-,51-,61?,62?/m1/s1. The number of ether oxygens (including phenoxy) is 6. The number of carbonyl (C=O) groups is 5. The normalized spacial score (nSPS) is 18.2. The summed E-state index contributed by atoms with van der Waals surface area (Å²) in [4.78, 5) is 74.5.